The van der Waals surface area contributed by atoms with Crippen molar-refractivity contribution in [3.05, 3.63) is 17.5 Å². The second-order valence-electron chi connectivity index (χ2n) is 3.97. The van der Waals surface area contributed by atoms with Crippen molar-refractivity contribution in [2.24, 2.45) is 0 Å². The molecule has 0 fully saturated rings. The Bertz CT molecular complexity index is 371. The fraction of sp³-hybridized carbons (Fsp3) is 0.636. The molecular weight excluding hydrogens is 192 g/mol. The van der Waals surface area contributed by atoms with Crippen LogP contribution in [0, 0.1) is 0 Å². The molecule has 2 heterocycles. The summed E-state index contributed by atoms with van der Waals surface area (Å²) in [6, 6.07) is 0. The predicted octanol–water partition coefficient (Wildman–Crippen LogP) is 1.50. The molecule has 0 aromatic carbocycles. The maximum absolute atomic E-state index is 11.4. The van der Waals surface area contributed by atoms with Gasteiger partial charge in [-0.15, -0.1) is 0 Å². The topological polar surface area (TPSA) is 44.1 Å². The van der Waals surface area contributed by atoms with Gasteiger partial charge in [-0.3, -0.25) is 9.48 Å². The molecule has 1 aliphatic heterocycles. The molecule has 82 valence electrons. The Morgan fingerprint density at radius 2 is 2.40 bits per heavy atom. The molecule has 2 rings (SSSR count). The van der Waals surface area contributed by atoms with Gasteiger partial charge in [-0.1, -0.05) is 0 Å². The van der Waals surface area contributed by atoms with Crippen molar-refractivity contribution < 1.29 is 9.53 Å². The number of aromatic nitrogens is 2. The average molecular weight is 208 g/mol. The van der Waals surface area contributed by atoms with Crippen LogP contribution in [0.1, 0.15) is 36.9 Å². The Morgan fingerprint density at radius 3 is 3.13 bits per heavy atom. The van der Waals surface area contributed by atoms with Crippen LogP contribution in [0.4, 0.5) is 0 Å². The molecule has 4 nitrogen and oxygen atoms in total. The highest BCUT2D eigenvalue weighted by Crippen LogP contribution is 2.25. The van der Waals surface area contributed by atoms with Crippen LogP contribution in [-0.2, 0) is 22.5 Å². The van der Waals surface area contributed by atoms with Crippen LogP contribution in [0.5, 0.6) is 0 Å². The Kier molecular flexibility index (Phi) is 2.75. The Balaban J connectivity index is 2.28. The number of esters is 1. The maximum Gasteiger partial charge on any atom is 0.312 e. The highest BCUT2D eigenvalue weighted by atomic mass is 16.5. The fourth-order valence-electron chi connectivity index (χ4n) is 2.11. The predicted molar refractivity (Wildman–Crippen MR) is 55.6 cm³/mol. The standard InChI is InChI=1S/C11H16N2O2/c1-8(11(14)15-2)9-7-12-13-6-4-3-5-10(9)13/h7-8H,3-6H2,1-2H3. The summed E-state index contributed by atoms with van der Waals surface area (Å²) in [5, 5.41) is 4.30. The van der Waals surface area contributed by atoms with Gasteiger partial charge in [0.05, 0.1) is 19.2 Å². The number of fused-ring (bicyclic) bond motifs is 1. The average Bonchev–Trinajstić information content (AvgIpc) is 2.70. The molecule has 0 saturated carbocycles. The van der Waals surface area contributed by atoms with Gasteiger partial charge in [-0.05, 0) is 26.2 Å². The van der Waals surface area contributed by atoms with Crippen molar-refractivity contribution in [1.29, 1.82) is 0 Å². The van der Waals surface area contributed by atoms with Crippen molar-refractivity contribution in [3.63, 3.8) is 0 Å². The number of ether oxygens (including phenoxy) is 1. The van der Waals surface area contributed by atoms with Gasteiger partial charge in [0.15, 0.2) is 0 Å². The molecule has 0 amide bonds. The first-order chi connectivity index (χ1) is 7.24. The fourth-order valence-corrected chi connectivity index (χ4v) is 2.11. The second kappa shape index (κ2) is 4.04. The van der Waals surface area contributed by atoms with Gasteiger partial charge in [0.2, 0.25) is 0 Å². The molecule has 0 spiro atoms. The van der Waals surface area contributed by atoms with E-state index in [9.17, 15) is 4.79 Å². The number of nitrogens with zero attached hydrogens (tertiary/aromatic N) is 2. The number of carbonyl (C=O) groups excluding carboxylic acids is 1. The molecule has 15 heavy (non-hydrogen) atoms. The summed E-state index contributed by atoms with van der Waals surface area (Å²) < 4.78 is 6.76. The van der Waals surface area contributed by atoms with E-state index in [1.807, 2.05) is 17.8 Å². The quantitative estimate of drug-likeness (QED) is 0.692. The first-order valence-electron chi connectivity index (χ1n) is 5.36. The minimum Gasteiger partial charge on any atom is -0.469 e. The zero-order chi connectivity index (χ0) is 10.8. The van der Waals surface area contributed by atoms with Gasteiger partial charge in [0.1, 0.15) is 0 Å². The van der Waals surface area contributed by atoms with E-state index in [1.165, 1.54) is 25.6 Å². The first kappa shape index (κ1) is 10.2. The second-order valence-corrected chi connectivity index (χ2v) is 3.97. The minimum atomic E-state index is -0.197. The number of carbonyl (C=O) groups is 1. The lowest BCUT2D eigenvalue weighted by molar-refractivity contribution is -0.142. The van der Waals surface area contributed by atoms with Crippen molar-refractivity contribution in [3.8, 4) is 0 Å². The summed E-state index contributed by atoms with van der Waals surface area (Å²) in [6.45, 7) is 2.85. The van der Waals surface area contributed by atoms with E-state index in [1.54, 1.807) is 0 Å². The minimum absolute atomic E-state index is 0.184. The molecule has 1 unspecified atom stereocenters. The maximum atomic E-state index is 11.4. The number of hydrogen-bond donors (Lipinski definition) is 0. The van der Waals surface area contributed by atoms with Gasteiger partial charge < -0.3 is 4.74 Å². The summed E-state index contributed by atoms with van der Waals surface area (Å²) in [6.07, 6.45) is 5.20. The van der Waals surface area contributed by atoms with E-state index in [4.69, 9.17) is 4.74 Å². The van der Waals surface area contributed by atoms with E-state index < -0.39 is 0 Å². The molecule has 0 saturated heterocycles. The molecule has 1 aromatic rings. The van der Waals surface area contributed by atoms with Gasteiger partial charge in [-0.25, -0.2) is 0 Å². The SMILES string of the molecule is COC(=O)C(C)c1cnn2c1CCCC2. The van der Waals surface area contributed by atoms with E-state index in [0.717, 1.165) is 18.5 Å². The van der Waals surface area contributed by atoms with Gasteiger partial charge in [-0.2, -0.15) is 5.10 Å². The van der Waals surface area contributed by atoms with Crippen LogP contribution >= 0.6 is 0 Å². The van der Waals surface area contributed by atoms with E-state index in [2.05, 4.69) is 5.10 Å². The molecular formula is C11H16N2O2. The summed E-state index contributed by atoms with van der Waals surface area (Å²) >= 11 is 0. The summed E-state index contributed by atoms with van der Waals surface area (Å²) in [4.78, 5) is 11.4. The van der Waals surface area contributed by atoms with Crippen molar-refractivity contribution in [1.82, 2.24) is 9.78 Å². The lowest BCUT2D eigenvalue weighted by Crippen LogP contribution is -2.16. The summed E-state index contributed by atoms with van der Waals surface area (Å²) in [5.41, 5.74) is 2.24. The largest absolute Gasteiger partial charge is 0.469 e. The van der Waals surface area contributed by atoms with E-state index in [0.29, 0.717) is 0 Å². The lowest BCUT2D eigenvalue weighted by Gasteiger charge is -2.16. The van der Waals surface area contributed by atoms with Crippen molar-refractivity contribution in [2.45, 2.75) is 38.6 Å². The van der Waals surface area contributed by atoms with Crippen molar-refractivity contribution in [2.75, 3.05) is 7.11 Å². The van der Waals surface area contributed by atoms with Crippen LogP contribution in [-0.4, -0.2) is 22.9 Å². The molecule has 0 aliphatic carbocycles. The molecule has 1 aliphatic rings. The Labute approximate surface area is 89.2 Å². The molecule has 1 atom stereocenters. The van der Waals surface area contributed by atoms with Crippen molar-refractivity contribution >= 4 is 5.97 Å². The summed E-state index contributed by atoms with van der Waals surface area (Å²) in [5.74, 6) is -0.381. The molecule has 4 heteroatoms. The van der Waals surface area contributed by atoms with E-state index >= 15 is 0 Å². The third kappa shape index (κ3) is 1.76. The smallest absolute Gasteiger partial charge is 0.312 e. The van der Waals surface area contributed by atoms with Crippen LogP contribution in [0.25, 0.3) is 0 Å². The van der Waals surface area contributed by atoms with E-state index in [-0.39, 0.29) is 11.9 Å². The van der Waals surface area contributed by atoms with Crippen LogP contribution < -0.4 is 0 Å². The molecule has 0 bridgehead atoms. The molecule has 0 N–H and O–H groups in total. The van der Waals surface area contributed by atoms with Crippen LogP contribution in [0.3, 0.4) is 0 Å². The number of hydrogen-bond acceptors (Lipinski definition) is 3. The lowest BCUT2D eigenvalue weighted by atomic mass is 9.98. The zero-order valence-corrected chi connectivity index (χ0v) is 9.19. The highest BCUT2D eigenvalue weighted by Gasteiger charge is 2.23. The summed E-state index contributed by atoms with van der Waals surface area (Å²) in [7, 11) is 1.43. The van der Waals surface area contributed by atoms with Crippen LogP contribution in [0.15, 0.2) is 6.20 Å². The molecule has 0 radical (unpaired) electrons. The third-order valence-electron chi connectivity index (χ3n) is 3.04. The normalized spacial score (nSPS) is 16.9. The first-order valence-corrected chi connectivity index (χ1v) is 5.36. The van der Waals surface area contributed by atoms with Gasteiger partial charge in [0.25, 0.3) is 0 Å². The monoisotopic (exact) mass is 208 g/mol. The number of methoxy groups -OCH3 is 1. The number of rotatable bonds is 2. The Hall–Kier alpha value is -1.32. The van der Waals surface area contributed by atoms with Gasteiger partial charge in [0, 0.05) is 17.8 Å². The third-order valence-corrected chi connectivity index (χ3v) is 3.04. The zero-order valence-electron chi connectivity index (χ0n) is 9.19. The van der Waals surface area contributed by atoms with Gasteiger partial charge >= 0.3 is 5.97 Å². The number of aryl methyl sites for hydroxylation is 1. The highest BCUT2D eigenvalue weighted by molar-refractivity contribution is 5.77. The Morgan fingerprint density at radius 1 is 1.60 bits per heavy atom. The molecule has 1 aromatic heterocycles. The van der Waals surface area contributed by atoms with Crippen LogP contribution in [0.2, 0.25) is 0 Å².